The molecule has 0 amide bonds. The fraction of sp³-hybridized carbons (Fsp3) is 0.357. The van der Waals surface area contributed by atoms with Gasteiger partial charge in [-0.2, -0.15) is 5.10 Å². The molecule has 0 saturated carbocycles. The highest BCUT2D eigenvalue weighted by Crippen LogP contribution is 2.20. The van der Waals surface area contributed by atoms with E-state index in [0.717, 1.165) is 17.8 Å². The summed E-state index contributed by atoms with van der Waals surface area (Å²) in [6, 6.07) is 3.22. The Morgan fingerprint density at radius 3 is 2.30 bits per heavy atom. The van der Waals surface area contributed by atoms with Gasteiger partial charge in [0, 0.05) is 24.7 Å². The van der Waals surface area contributed by atoms with E-state index < -0.39 is 23.5 Å². The van der Waals surface area contributed by atoms with Gasteiger partial charge in [0.25, 0.3) is 0 Å². The predicted octanol–water partition coefficient (Wildman–Crippen LogP) is 3.12. The van der Waals surface area contributed by atoms with Crippen molar-refractivity contribution in [2.24, 2.45) is 5.73 Å². The van der Waals surface area contributed by atoms with Crippen LogP contribution in [0.25, 0.3) is 0 Å². The van der Waals surface area contributed by atoms with Gasteiger partial charge in [0.05, 0.1) is 5.69 Å². The minimum absolute atomic E-state index is 0.209. The largest absolute Gasteiger partial charge is 0.324 e. The molecule has 2 rings (SSSR count). The summed E-state index contributed by atoms with van der Waals surface area (Å²) in [5.74, 6) is -3.95. The van der Waals surface area contributed by atoms with Crippen LogP contribution in [0.1, 0.15) is 37.2 Å². The van der Waals surface area contributed by atoms with E-state index in [-0.39, 0.29) is 11.6 Å². The van der Waals surface area contributed by atoms with Crippen LogP contribution in [0.15, 0.2) is 24.4 Å². The van der Waals surface area contributed by atoms with E-state index in [1.165, 1.54) is 0 Å². The molecule has 1 heterocycles. The molecule has 2 N–H and O–H groups in total. The third kappa shape index (κ3) is 3.01. The number of hydrogen-bond donors (Lipinski definition) is 1. The third-order valence-corrected chi connectivity index (χ3v) is 3.06. The van der Waals surface area contributed by atoms with Crippen LogP contribution in [0.2, 0.25) is 0 Å². The zero-order chi connectivity index (χ0) is 14.9. The SMILES string of the molecule is CC(C)n1ccc(CC(N)c2cc(F)c(F)c(F)c2)n1. The lowest BCUT2D eigenvalue weighted by Crippen LogP contribution is -2.15. The first-order valence-corrected chi connectivity index (χ1v) is 6.32. The molecule has 0 aliphatic heterocycles. The number of aromatic nitrogens is 2. The summed E-state index contributed by atoms with van der Waals surface area (Å²) in [6.45, 7) is 3.98. The summed E-state index contributed by atoms with van der Waals surface area (Å²) in [6.07, 6.45) is 2.14. The molecule has 0 aliphatic carbocycles. The smallest absolute Gasteiger partial charge is 0.194 e. The second-order valence-corrected chi connectivity index (χ2v) is 4.99. The Kier molecular flexibility index (Phi) is 4.13. The van der Waals surface area contributed by atoms with Gasteiger partial charge in [0.1, 0.15) is 0 Å². The predicted molar refractivity (Wildman–Crippen MR) is 69.6 cm³/mol. The first-order chi connectivity index (χ1) is 9.38. The van der Waals surface area contributed by atoms with Crippen LogP contribution in [0.4, 0.5) is 13.2 Å². The van der Waals surface area contributed by atoms with Crippen molar-refractivity contribution in [2.75, 3.05) is 0 Å². The van der Waals surface area contributed by atoms with Crippen molar-refractivity contribution in [1.82, 2.24) is 9.78 Å². The topological polar surface area (TPSA) is 43.8 Å². The van der Waals surface area contributed by atoms with E-state index in [1.54, 1.807) is 10.7 Å². The average Bonchev–Trinajstić information content (AvgIpc) is 2.84. The molecule has 108 valence electrons. The van der Waals surface area contributed by atoms with E-state index in [2.05, 4.69) is 5.10 Å². The molecule has 2 aromatic rings. The molecule has 1 atom stereocenters. The number of nitrogens with two attached hydrogens (primary N) is 1. The van der Waals surface area contributed by atoms with Gasteiger partial charge in [-0.25, -0.2) is 13.2 Å². The molecule has 1 aromatic heterocycles. The number of rotatable bonds is 4. The monoisotopic (exact) mass is 283 g/mol. The average molecular weight is 283 g/mol. The van der Waals surface area contributed by atoms with Crippen molar-refractivity contribution in [2.45, 2.75) is 32.4 Å². The molecule has 0 aliphatic rings. The van der Waals surface area contributed by atoms with Gasteiger partial charge in [0.2, 0.25) is 0 Å². The lowest BCUT2D eigenvalue weighted by Gasteiger charge is -2.11. The molecule has 20 heavy (non-hydrogen) atoms. The summed E-state index contributed by atoms with van der Waals surface area (Å²) >= 11 is 0. The number of benzene rings is 1. The van der Waals surface area contributed by atoms with Gasteiger partial charge in [-0.1, -0.05) is 0 Å². The number of nitrogens with zero attached hydrogens (tertiary/aromatic N) is 2. The van der Waals surface area contributed by atoms with Crippen LogP contribution in [-0.2, 0) is 6.42 Å². The minimum Gasteiger partial charge on any atom is -0.324 e. The minimum atomic E-state index is -1.48. The van der Waals surface area contributed by atoms with Crippen molar-refractivity contribution >= 4 is 0 Å². The molecule has 0 spiro atoms. The first kappa shape index (κ1) is 14.6. The zero-order valence-electron chi connectivity index (χ0n) is 11.3. The maximum absolute atomic E-state index is 13.2. The Morgan fingerprint density at radius 1 is 1.20 bits per heavy atom. The number of hydrogen-bond acceptors (Lipinski definition) is 2. The summed E-state index contributed by atoms with van der Waals surface area (Å²) in [5.41, 5.74) is 6.82. The van der Waals surface area contributed by atoms with Gasteiger partial charge in [-0.3, -0.25) is 4.68 Å². The molecule has 0 bridgehead atoms. The fourth-order valence-corrected chi connectivity index (χ4v) is 1.91. The third-order valence-electron chi connectivity index (χ3n) is 3.06. The molecule has 6 heteroatoms. The maximum atomic E-state index is 13.2. The standard InChI is InChI=1S/C14H16F3N3/c1-8(2)20-4-3-10(19-20)7-13(18)9-5-11(15)14(17)12(16)6-9/h3-6,8,13H,7,18H2,1-2H3. The van der Waals surface area contributed by atoms with Crippen molar-refractivity contribution in [3.8, 4) is 0 Å². The number of halogens is 3. The van der Waals surface area contributed by atoms with Crippen molar-refractivity contribution in [3.63, 3.8) is 0 Å². The fourth-order valence-electron chi connectivity index (χ4n) is 1.91. The second kappa shape index (κ2) is 5.66. The maximum Gasteiger partial charge on any atom is 0.194 e. The summed E-state index contributed by atoms with van der Waals surface area (Å²) in [4.78, 5) is 0. The van der Waals surface area contributed by atoms with Crippen LogP contribution in [0, 0.1) is 17.5 Å². The van der Waals surface area contributed by atoms with Crippen LogP contribution < -0.4 is 5.73 Å². The van der Waals surface area contributed by atoms with E-state index in [1.807, 2.05) is 20.0 Å². The highest BCUT2D eigenvalue weighted by atomic mass is 19.2. The van der Waals surface area contributed by atoms with Crippen molar-refractivity contribution in [1.29, 1.82) is 0 Å². The quantitative estimate of drug-likeness (QED) is 0.876. The normalized spacial score (nSPS) is 12.9. The van der Waals surface area contributed by atoms with Gasteiger partial charge in [0.15, 0.2) is 17.5 Å². The molecular formula is C14H16F3N3. The van der Waals surface area contributed by atoms with Gasteiger partial charge >= 0.3 is 0 Å². The van der Waals surface area contributed by atoms with Crippen molar-refractivity contribution < 1.29 is 13.2 Å². The van der Waals surface area contributed by atoms with E-state index in [9.17, 15) is 13.2 Å². The van der Waals surface area contributed by atoms with Crippen LogP contribution >= 0.6 is 0 Å². The molecule has 0 saturated heterocycles. The Morgan fingerprint density at radius 2 is 1.80 bits per heavy atom. The Labute approximate surface area is 115 Å². The molecule has 3 nitrogen and oxygen atoms in total. The van der Waals surface area contributed by atoms with Crippen LogP contribution in [0.5, 0.6) is 0 Å². The van der Waals surface area contributed by atoms with Gasteiger partial charge in [-0.15, -0.1) is 0 Å². The highest BCUT2D eigenvalue weighted by molar-refractivity contribution is 5.23. The van der Waals surface area contributed by atoms with Crippen molar-refractivity contribution in [3.05, 3.63) is 53.1 Å². The Bertz CT molecular complexity index is 584. The van der Waals surface area contributed by atoms with E-state index in [0.29, 0.717) is 6.42 Å². The van der Waals surface area contributed by atoms with E-state index in [4.69, 9.17) is 5.73 Å². The Balaban J connectivity index is 2.17. The Hall–Kier alpha value is -1.82. The van der Waals surface area contributed by atoms with E-state index >= 15 is 0 Å². The summed E-state index contributed by atoms with van der Waals surface area (Å²) in [7, 11) is 0. The molecule has 1 aromatic carbocycles. The lowest BCUT2D eigenvalue weighted by atomic mass is 10.0. The van der Waals surface area contributed by atoms with Crippen LogP contribution in [0.3, 0.4) is 0 Å². The van der Waals surface area contributed by atoms with Crippen LogP contribution in [-0.4, -0.2) is 9.78 Å². The molecule has 0 radical (unpaired) electrons. The zero-order valence-corrected chi connectivity index (χ0v) is 11.3. The highest BCUT2D eigenvalue weighted by Gasteiger charge is 2.16. The van der Waals surface area contributed by atoms with Gasteiger partial charge < -0.3 is 5.73 Å². The van der Waals surface area contributed by atoms with Gasteiger partial charge in [-0.05, 0) is 37.6 Å². The summed E-state index contributed by atoms with van der Waals surface area (Å²) in [5, 5.41) is 4.31. The second-order valence-electron chi connectivity index (χ2n) is 4.99. The lowest BCUT2D eigenvalue weighted by molar-refractivity contribution is 0.443. The first-order valence-electron chi connectivity index (χ1n) is 6.32. The molecule has 0 fully saturated rings. The summed E-state index contributed by atoms with van der Waals surface area (Å²) < 4.78 is 41.0. The molecular weight excluding hydrogens is 267 g/mol. The molecule has 1 unspecified atom stereocenters.